The van der Waals surface area contributed by atoms with E-state index in [0.29, 0.717) is 29.6 Å². The quantitative estimate of drug-likeness (QED) is 0.386. The first-order chi connectivity index (χ1) is 15.4. The lowest BCUT2D eigenvalue weighted by Crippen LogP contribution is -2.47. The second kappa shape index (κ2) is 9.15. The zero-order chi connectivity index (χ0) is 22.8. The predicted molar refractivity (Wildman–Crippen MR) is 117 cm³/mol. The number of aromatic nitrogens is 2. The maximum absolute atomic E-state index is 12.9. The molecule has 1 aromatic carbocycles. The molecule has 3 amide bonds. The molecule has 1 aromatic heterocycles. The molecular formula is C22H24N4O5S. The monoisotopic (exact) mass is 456 g/mol. The summed E-state index contributed by atoms with van der Waals surface area (Å²) in [4.78, 5) is 52.2. The van der Waals surface area contributed by atoms with E-state index in [1.54, 1.807) is 18.2 Å². The molecule has 4 rings (SSSR count). The molecule has 1 fully saturated rings. The van der Waals surface area contributed by atoms with Gasteiger partial charge in [-0.25, -0.2) is 4.79 Å². The van der Waals surface area contributed by atoms with E-state index in [2.05, 4.69) is 14.1 Å². The Morgan fingerprint density at radius 3 is 2.50 bits per heavy atom. The number of rotatable bonds is 7. The molecule has 10 heteroatoms. The second-order valence-electron chi connectivity index (χ2n) is 8.44. The van der Waals surface area contributed by atoms with E-state index in [9.17, 15) is 19.2 Å². The third-order valence-corrected chi connectivity index (χ3v) is 6.27. The Balaban J connectivity index is 1.43. The Morgan fingerprint density at radius 1 is 1.16 bits per heavy atom. The van der Waals surface area contributed by atoms with Crippen molar-refractivity contribution in [3.63, 3.8) is 0 Å². The highest BCUT2D eigenvalue weighted by Crippen LogP contribution is 2.37. The number of fused-ring (bicyclic) bond motifs is 2. The van der Waals surface area contributed by atoms with Crippen molar-refractivity contribution in [2.24, 2.45) is 17.8 Å². The summed E-state index contributed by atoms with van der Waals surface area (Å²) in [7, 11) is 0. The number of hydrogen-bond donors (Lipinski definition) is 1. The fourth-order valence-corrected chi connectivity index (χ4v) is 4.76. The van der Waals surface area contributed by atoms with E-state index in [1.807, 2.05) is 26.0 Å². The first kappa shape index (κ1) is 22.1. The lowest BCUT2D eigenvalue weighted by molar-refractivity contribution is -0.160. The number of allylic oxidation sites excluding steroid dienone is 2. The smallest absolute Gasteiger partial charge is 0.329 e. The number of esters is 1. The van der Waals surface area contributed by atoms with E-state index >= 15 is 0 Å². The normalized spacial score (nSPS) is 21.2. The SMILES string of the molecule is CC(C)C[C@H](C(=O)OCC(=O)Nc1cccc2nsnc12)N1C(=O)[C@H]2CC=CC[C@H]2C1=O. The van der Waals surface area contributed by atoms with E-state index < -0.39 is 36.4 Å². The average Bonchev–Trinajstić information content (AvgIpc) is 3.35. The molecule has 0 unspecified atom stereocenters. The molecule has 1 saturated heterocycles. The number of hydrogen-bond acceptors (Lipinski definition) is 8. The summed E-state index contributed by atoms with van der Waals surface area (Å²) in [5.74, 6) is -2.78. The molecule has 2 aromatic rings. The Bertz CT molecular complexity index is 1070. The number of ether oxygens (including phenoxy) is 1. The van der Waals surface area contributed by atoms with Crippen molar-refractivity contribution in [3.8, 4) is 0 Å². The minimum absolute atomic E-state index is 0.0393. The Morgan fingerprint density at radius 2 is 1.84 bits per heavy atom. The number of imide groups is 1. The molecule has 32 heavy (non-hydrogen) atoms. The molecule has 1 N–H and O–H groups in total. The van der Waals surface area contributed by atoms with Gasteiger partial charge in [-0.3, -0.25) is 19.3 Å². The van der Waals surface area contributed by atoms with Gasteiger partial charge in [0.25, 0.3) is 5.91 Å². The topological polar surface area (TPSA) is 119 Å². The van der Waals surface area contributed by atoms with Gasteiger partial charge < -0.3 is 10.1 Å². The molecule has 9 nitrogen and oxygen atoms in total. The first-order valence-electron chi connectivity index (χ1n) is 10.6. The van der Waals surface area contributed by atoms with Gasteiger partial charge in [0.1, 0.15) is 17.1 Å². The number of carbonyl (C=O) groups is 4. The highest BCUT2D eigenvalue weighted by molar-refractivity contribution is 7.00. The van der Waals surface area contributed by atoms with Crippen molar-refractivity contribution in [1.29, 1.82) is 0 Å². The largest absolute Gasteiger partial charge is 0.454 e. The van der Waals surface area contributed by atoms with Crippen molar-refractivity contribution in [3.05, 3.63) is 30.4 Å². The van der Waals surface area contributed by atoms with Crippen LogP contribution in [0.1, 0.15) is 33.1 Å². The third kappa shape index (κ3) is 4.27. The Kier molecular flexibility index (Phi) is 6.31. The number of amides is 3. The molecule has 2 aliphatic rings. The first-order valence-corrected chi connectivity index (χ1v) is 11.3. The van der Waals surface area contributed by atoms with Crippen LogP contribution in [0.3, 0.4) is 0 Å². The van der Waals surface area contributed by atoms with Crippen LogP contribution in [0.4, 0.5) is 5.69 Å². The number of carbonyl (C=O) groups excluding carboxylic acids is 4. The molecule has 0 radical (unpaired) electrons. The van der Waals surface area contributed by atoms with Crippen LogP contribution in [-0.4, -0.2) is 50.0 Å². The summed E-state index contributed by atoms with van der Waals surface area (Å²) >= 11 is 1.03. The van der Waals surface area contributed by atoms with Gasteiger partial charge in [0.05, 0.1) is 29.3 Å². The second-order valence-corrected chi connectivity index (χ2v) is 8.97. The standard InChI is InChI=1S/C22H24N4O5S/c1-12(2)10-17(26-20(28)13-6-3-4-7-14(13)21(26)29)22(30)31-11-18(27)23-15-8-5-9-16-19(15)25-32-24-16/h3-5,8-9,12-14,17H,6-7,10-11H2,1-2H3,(H,23,27)/t13-,14+,17-/m1/s1. The van der Waals surface area contributed by atoms with Crippen LogP contribution in [0.5, 0.6) is 0 Å². The third-order valence-electron chi connectivity index (χ3n) is 5.73. The zero-order valence-electron chi connectivity index (χ0n) is 17.8. The van der Waals surface area contributed by atoms with Crippen LogP contribution in [0.15, 0.2) is 30.4 Å². The van der Waals surface area contributed by atoms with E-state index in [0.717, 1.165) is 16.6 Å². The van der Waals surface area contributed by atoms with Crippen LogP contribution in [0.2, 0.25) is 0 Å². The minimum atomic E-state index is -1.04. The van der Waals surface area contributed by atoms with Gasteiger partial charge in [-0.05, 0) is 37.3 Å². The van der Waals surface area contributed by atoms with Gasteiger partial charge in [0.15, 0.2) is 6.61 Å². The summed E-state index contributed by atoms with van der Waals surface area (Å²) in [5.41, 5.74) is 1.68. The van der Waals surface area contributed by atoms with Crippen molar-refractivity contribution in [2.45, 2.75) is 39.2 Å². The van der Waals surface area contributed by atoms with Crippen molar-refractivity contribution < 1.29 is 23.9 Å². The lowest BCUT2D eigenvalue weighted by atomic mass is 9.85. The van der Waals surface area contributed by atoms with Crippen LogP contribution in [0.25, 0.3) is 11.0 Å². The van der Waals surface area contributed by atoms with Crippen LogP contribution in [0, 0.1) is 17.8 Å². The molecule has 3 atom stereocenters. The molecule has 0 spiro atoms. The van der Waals surface area contributed by atoms with E-state index in [-0.39, 0.29) is 24.2 Å². The number of nitrogens with one attached hydrogen (secondary N) is 1. The van der Waals surface area contributed by atoms with Crippen LogP contribution in [-0.2, 0) is 23.9 Å². The minimum Gasteiger partial charge on any atom is -0.454 e. The molecule has 0 bridgehead atoms. The molecule has 168 valence electrons. The van der Waals surface area contributed by atoms with Crippen LogP contribution >= 0.6 is 11.7 Å². The summed E-state index contributed by atoms with van der Waals surface area (Å²) in [6.45, 7) is 3.26. The number of benzene rings is 1. The summed E-state index contributed by atoms with van der Waals surface area (Å²) in [6.07, 6.45) is 5.06. The fraction of sp³-hybridized carbons (Fsp3) is 0.455. The number of likely N-dealkylation sites (tertiary alicyclic amines) is 1. The van der Waals surface area contributed by atoms with E-state index in [1.165, 1.54) is 0 Å². The highest BCUT2D eigenvalue weighted by atomic mass is 32.1. The van der Waals surface area contributed by atoms with Crippen molar-refractivity contribution >= 4 is 52.1 Å². The van der Waals surface area contributed by atoms with Gasteiger partial charge in [-0.2, -0.15) is 8.75 Å². The lowest BCUT2D eigenvalue weighted by Gasteiger charge is -2.26. The average molecular weight is 457 g/mol. The molecule has 2 heterocycles. The summed E-state index contributed by atoms with van der Waals surface area (Å²) < 4.78 is 13.5. The van der Waals surface area contributed by atoms with Gasteiger partial charge >= 0.3 is 5.97 Å². The summed E-state index contributed by atoms with van der Waals surface area (Å²) in [6, 6.07) is 4.16. The van der Waals surface area contributed by atoms with E-state index in [4.69, 9.17) is 4.74 Å². The van der Waals surface area contributed by atoms with Crippen molar-refractivity contribution in [2.75, 3.05) is 11.9 Å². The Labute approximate surface area is 189 Å². The Hall–Kier alpha value is -3.14. The maximum atomic E-state index is 12.9. The molecule has 1 aliphatic heterocycles. The fourth-order valence-electron chi connectivity index (χ4n) is 4.21. The van der Waals surface area contributed by atoms with Crippen LogP contribution < -0.4 is 5.32 Å². The molecule has 0 saturated carbocycles. The molecular weight excluding hydrogens is 432 g/mol. The van der Waals surface area contributed by atoms with Gasteiger partial charge in [-0.15, -0.1) is 0 Å². The van der Waals surface area contributed by atoms with Crippen molar-refractivity contribution in [1.82, 2.24) is 13.6 Å². The molecule has 1 aliphatic carbocycles. The zero-order valence-corrected chi connectivity index (χ0v) is 18.6. The van der Waals surface area contributed by atoms with Gasteiger partial charge in [0, 0.05) is 0 Å². The van der Waals surface area contributed by atoms with Gasteiger partial charge in [-0.1, -0.05) is 32.1 Å². The maximum Gasteiger partial charge on any atom is 0.329 e. The summed E-state index contributed by atoms with van der Waals surface area (Å²) in [5, 5.41) is 2.67. The highest BCUT2D eigenvalue weighted by Gasteiger charge is 2.51. The predicted octanol–water partition coefficient (Wildman–Crippen LogP) is 2.54. The number of anilines is 1. The number of nitrogens with zero attached hydrogens (tertiary/aromatic N) is 3. The van der Waals surface area contributed by atoms with Gasteiger partial charge in [0.2, 0.25) is 11.8 Å².